The minimum atomic E-state index is 0.0811. The van der Waals surface area contributed by atoms with E-state index in [0.29, 0.717) is 11.5 Å². The molecule has 5 nitrogen and oxygen atoms in total. The van der Waals surface area contributed by atoms with E-state index in [-0.39, 0.29) is 5.91 Å². The van der Waals surface area contributed by atoms with Gasteiger partial charge < -0.3 is 4.90 Å². The molecule has 0 spiro atoms. The van der Waals surface area contributed by atoms with Crippen molar-refractivity contribution in [1.29, 1.82) is 0 Å². The van der Waals surface area contributed by atoms with Crippen molar-refractivity contribution >= 4 is 5.91 Å². The number of hydrogen-bond acceptors (Lipinski definition) is 3. The van der Waals surface area contributed by atoms with E-state index < -0.39 is 0 Å². The zero-order chi connectivity index (χ0) is 13.9. The fraction of sp³-hybridized carbons (Fsp3) is 0.400. The van der Waals surface area contributed by atoms with Crippen LogP contribution >= 0.6 is 0 Å². The number of rotatable bonds is 2. The number of nitrogens with zero attached hydrogens (tertiary/aromatic N) is 4. The van der Waals surface area contributed by atoms with E-state index in [0.717, 1.165) is 31.6 Å². The second-order valence-electron chi connectivity index (χ2n) is 5.22. The Balaban J connectivity index is 1.63. The average molecular weight is 270 g/mol. The van der Waals surface area contributed by atoms with Gasteiger partial charge in [0.2, 0.25) is 0 Å². The van der Waals surface area contributed by atoms with E-state index >= 15 is 0 Å². The van der Waals surface area contributed by atoms with Crippen LogP contribution in [0.4, 0.5) is 0 Å². The van der Waals surface area contributed by atoms with Gasteiger partial charge in [-0.3, -0.25) is 14.5 Å². The SMILES string of the molecule is Cn1cc(C(=O)N2CCC(c3ccccn3)CC2)cn1. The van der Waals surface area contributed by atoms with Crippen LogP contribution in [-0.4, -0.2) is 38.7 Å². The molecule has 2 aromatic rings. The topological polar surface area (TPSA) is 51.0 Å². The highest BCUT2D eigenvalue weighted by molar-refractivity contribution is 5.93. The first-order valence-electron chi connectivity index (χ1n) is 6.93. The summed E-state index contributed by atoms with van der Waals surface area (Å²) in [6.07, 6.45) is 7.19. The van der Waals surface area contributed by atoms with Gasteiger partial charge in [-0.1, -0.05) is 6.07 Å². The molecular weight excluding hydrogens is 252 g/mol. The van der Waals surface area contributed by atoms with Crippen molar-refractivity contribution in [3.63, 3.8) is 0 Å². The number of carbonyl (C=O) groups is 1. The molecule has 0 saturated carbocycles. The van der Waals surface area contributed by atoms with Crippen molar-refractivity contribution in [1.82, 2.24) is 19.7 Å². The molecule has 3 heterocycles. The van der Waals surface area contributed by atoms with Crippen LogP contribution in [0.1, 0.15) is 34.8 Å². The van der Waals surface area contributed by atoms with E-state index in [4.69, 9.17) is 0 Å². The first kappa shape index (κ1) is 12.8. The summed E-state index contributed by atoms with van der Waals surface area (Å²) in [4.78, 5) is 18.6. The molecule has 0 aliphatic carbocycles. The Hall–Kier alpha value is -2.17. The molecule has 1 aliphatic rings. The van der Waals surface area contributed by atoms with Gasteiger partial charge in [-0.15, -0.1) is 0 Å². The maximum Gasteiger partial charge on any atom is 0.257 e. The fourth-order valence-electron chi connectivity index (χ4n) is 2.71. The highest BCUT2D eigenvalue weighted by Gasteiger charge is 2.25. The smallest absolute Gasteiger partial charge is 0.257 e. The van der Waals surface area contributed by atoms with Crippen LogP contribution < -0.4 is 0 Å². The molecular formula is C15H18N4O. The molecule has 1 aliphatic heterocycles. The Bertz CT molecular complexity index is 585. The summed E-state index contributed by atoms with van der Waals surface area (Å²) in [7, 11) is 1.82. The molecule has 104 valence electrons. The van der Waals surface area contributed by atoms with Crippen molar-refractivity contribution in [2.45, 2.75) is 18.8 Å². The lowest BCUT2D eigenvalue weighted by Crippen LogP contribution is -2.37. The summed E-state index contributed by atoms with van der Waals surface area (Å²) in [5.74, 6) is 0.548. The Kier molecular flexibility index (Phi) is 3.50. The van der Waals surface area contributed by atoms with Crippen LogP contribution in [0.2, 0.25) is 0 Å². The third kappa shape index (κ3) is 2.57. The average Bonchev–Trinajstić information content (AvgIpc) is 2.94. The van der Waals surface area contributed by atoms with Crippen molar-refractivity contribution in [3.8, 4) is 0 Å². The summed E-state index contributed by atoms with van der Waals surface area (Å²) in [6.45, 7) is 1.57. The number of aryl methyl sites for hydroxylation is 1. The van der Waals surface area contributed by atoms with Crippen molar-refractivity contribution < 1.29 is 4.79 Å². The number of amides is 1. The predicted octanol–water partition coefficient (Wildman–Crippen LogP) is 1.83. The molecule has 1 saturated heterocycles. The van der Waals surface area contributed by atoms with Crippen LogP contribution in [-0.2, 0) is 7.05 Å². The molecule has 0 atom stereocenters. The first-order valence-corrected chi connectivity index (χ1v) is 6.93. The van der Waals surface area contributed by atoms with Crippen LogP contribution in [0.15, 0.2) is 36.8 Å². The highest BCUT2D eigenvalue weighted by Crippen LogP contribution is 2.26. The molecule has 2 aromatic heterocycles. The molecule has 0 unspecified atom stereocenters. The van der Waals surface area contributed by atoms with E-state index in [1.807, 2.05) is 30.3 Å². The van der Waals surface area contributed by atoms with Gasteiger partial charge in [-0.05, 0) is 25.0 Å². The van der Waals surface area contributed by atoms with Crippen LogP contribution in [0.5, 0.6) is 0 Å². The summed E-state index contributed by atoms with van der Waals surface area (Å²) in [5.41, 5.74) is 1.81. The lowest BCUT2D eigenvalue weighted by molar-refractivity contribution is 0.0712. The molecule has 0 radical (unpaired) electrons. The predicted molar refractivity (Wildman–Crippen MR) is 75.3 cm³/mol. The number of aromatic nitrogens is 3. The number of hydrogen-bond donors (Lipinski definition) is 0. The number of piperidine rings is 1. The quantitative estimate of drug-likeness (QED) is 0.836. The van der Waals surface area contributed by atoms with Gasteiger partial charge in [0.15, 0.2) is 0 Å². The normalized spacial score (nSPS) is 16.4. The molecule has 0 aromatic carbocycles. The fourth-order valence-corrected chi connectivity index (χ4v) is 2.71. The largest absolute Gasteiger partial charge is 0.339 e. The molecule has 0 N–H and O–H groups in total. The van der Waals surface area contributed by atoms with Gasteiger partial charge in [0.25, 0.3) is 5.91 Å². The van der Waals surface area contributed by atoms with Gasteiger partial charge in [0, 0.05) is 44.1 Å². The van der Waals surface area contributed by atoms with Gasteiger partial charge >= 0.3 is 0 Å². The zero-order valence-electron chi connectivity index (χ0n) is 11.6. The standard InChI is InChI=1S/C15H18N4O/c1-18-11-13(10-17-18)15(20)19-8-5-12(6-9-19)14-4-2-3-7-16-14/h2-4,7,10-12H,5-6,8-9H2,1H3. The van der Waals surface area contributed by atoms with Gasteiger partial charge in [0.05, 0.1) is 11.8 Å². The molecule has 20 heavy (non-hydrogen) atoms. The number of pyridine rings is 1. The Morgan fingerprint density at radius 2 is 2.10 bits per heavy atom. The second-order valence-corrected chi connectivity index (χ2v) is 5.22. The monoisotopic (exact) mass is 270 g/mol. The molecule has 0 bridgehead atoms. The molecule has 5 heteroatoms. The lowest BCUT2D eigenvalue weighted by atomic mass is 9.93. The third-order valence-corrected chi connectivity index (χ3v) is 3.84. The first-order chi connectivity index (χ1) is 9.74. The minimum Gasteiger partial charge on any atom is -0.339 e. The van der Waals surface area contributed by atoms with Crippen molar-refractivity contribution in [3.05, 3.63) is 48.0 Å². The maximum atomic E-state index is 12.3. The summed E-state index contributed by atoms with van der Waals surface area (Å²) >= 11 is 0. The summed E-state index contributed by atoms with van der Waals surface area (Å²) in [5, 5.41) is 4.05. The van der Waals surface area contributed by atoms with Crippen LogP contribution in [0.3, 0.4) is 0 Å². The Labute approximate surface area is 118 Å². The lowest BCUT2D eigenvalue weighted by Gasteiger charge is -2.31. The summed E-state index contributed by atoms with van der Waals surface area (Å²) < 4.78 is 1.66. The van der Waals surface area contributed by atoms with Crippen LogP contribution in [0.25, 0.3) is 0 Å². The zero-order valence-corrected chi connectivity index (χ0v) is 11.6. The Morgan fingerprint density at radius 3 is 2.70 bits per heavy atom. The molecule has 1 fully saturated rings. The maximum absolute atomic E-state index is 12.3. The Morgan fingerprint density at radius 1 is 1.30 bits per heavy atom. The second kappa shape index (κ2) is 5.45. The minimum absolute atomic E-state index is 0.0811. The van der Waals surface area contributed by atoms with Gasteiger partial charge in [-0.2, -0.15) is 5.10 Å². The number of likely N-dealkylation sites (tertiary alicyclic amines) is 1. The van der Waals surface area contributed by atoms with Crippen molar-refractivity contribution in [2.75, 3.05) is 13.1 Å². The van der Waals surface area contributed by atoms with Crippen LogP contribution in [0, 0.1) is 0 Å². The van der Waals surface area contributed by atoms with E-state index in [1.165, 1.54) is 0 Å². The highest BCUT2D eigenvalue weighted by atomic mass is 16.2. The van der Waals surface area contributed by atoms with Crippen molar-refractivity contribution in [2.24, 2.45) is 7.05 Å². The molecule has 1 amide bonds. The number of carbonyl (C=O) groups excluding carboxylic acids is 1. The van der Waals surface area contributed by atoms with Gasteiger partial charge in [-0.25, -0.2) is 0 Å². The van der Waals surface area contributed by atoms with E-state index in [9.17, 15) is 4.79 Å². The summed E-state index contributed by atoms with van der Waals surface area (Å²) in [6, 6.07) is 6.03. The molecule has 3 rings (SSSR count). The van der Waals surface area contributed by atoms with Gasteiger partial charge in [0.1, 0.15) is 0 Å². The third-order valence-electron chi connectivity index (χ3n) is 3.84. The van der Waals surface area contributed by atoms with E-state index in [1.54, 1.807) is 17.1 Å². The van der Waals surface area contributed by atoms with E-state index in [2.05, 4.69) is 16.1 Å².